The van der Waals surface area contributed by atoms with E-state index in [9.17, 15) is 9.59 Å². The van der Waals surface area contributed by atoms with E-state index in [-0.39, 0.29) is 19.1 Å². The van der Waals surface area contributed by atoms with Crippen LogP contribution >= 0.6 is 0 Å². The Balaban J connectivity index is 1.80. The monoisotopic (exact) mass is 287 g/mol. The molecule has 0 aliphatic carbocycles. The van der Waals surface area contributed by atoms with Crippen LogP contribution in [0.1, 0.15) is 5.56 Å². The van der Waals surface area contributed by atoms with Gasteiger partial charge in [0.2, 0.25) is 5.91 Å². The second kappa shape index (κ2) is 7.40. The third kappa shape index (κ3) is 4.89. The minimum Gasteiger partial charge on any atom is -0.480 e. The molecule has 2 N–H and O–H groups in total. The lowest BCUT2D eigenvalue weighted by atomic mass is 10.1. The molecule has 0 fully saturated rings. The molecule has 5 nitrogen and oxygen atoms in total. The van der Waals surface area contributed by atoms with E-state index in [1.54, 1.807) is 0 Å². The number of benzene rings is 2. The van der Waals surface area contributed by atoms with Gasteiger partial charge in [-0.2, -0.15) is 0 Å². The summed E-state index contributed by atoms with van der Waals surface area (Å²) in [4.78, 5) is 22.0. The van der Waals surface area contributed by atoms with Crippen molar-refractivity contribution >= 4 is 22.6 Å². The zero-order valence-electron chi connectivity index (χ0n) is 11.5. The van der Waals surface area contributed by atoms with Gasteiger partial charge in [-0.05, 0) is 16.3 Å². The quantitative estimate of drug-likeness (QED) is 0.758. The predicted octanol–water partition coefficient (Wildman–Crippen LogP) is 1.60. The van der Waals surface area contributed by atoms with Gasteiger partial charge in [0.1, 0.15) is 6.61 Å². The molecule has 0 spiro atoms. The topological polar surface area (TPSA) is 75.6 Å². The summed E-state index contributed by atoms with van der Waals surface area (Å²) in [6.07, 6.45) is 0.295. The number of amides is 1. The van der Waals surface area contributed by atoms with Crippen molar-refractivity contribution in [1.82, 2.24) is 5.32 Å². The first kappa shape index (κ1) is 15.0. The smallest absolute Gasteiger partial charge is 0.329 e. The summed E-state index contributed by atoms with van der Waals surface area (Å²) in [5, 5.41) is 13.3. The molecule has 0 atom stereocenters. The zero-order valence-corrected chi connectivity index (χ0v) is 11.5. The number of fused-ring (bicyclic) bond motifs is 1. The molecule has 0 aliphatic rings. The summed E-state index contributed by atoms with van der Waals surface area (Å²) < 4.78 is 4.84. The number of nitrogens with one attached hydrogen (secondary N) is 1. The molecule has 0 aliphatic heterocycles. The van der Waals surface area contributed by atoms with E-state index in [0.29, 0.717) is 13.0 Å². The minimum atomic E-state index is -1.02. The summed E-state index contributed by atoms with van der Waals surface area (Å²) in [5.41, 5.74) is 0.942. The van der Waals surface area contributed by atoms with E-state index >= 15 is 0 Å². The molecule has 110 valence electrons. The SMILES string of the molecule is O=C(O)COCCNC(=O)Cc1ccc2ccccc2c1. The molecule has 0 radical (unpaired) electrons. The molecule has 0 saturated heterocycles. The first-order valence-corrected chi connectivity index (χ1v) is 6.69. The van der Waals surface area contributed by atoms with Crippen molar-refractivity contribution in [3.8, 4) is 0 Å². The highest BCUT2D eigenvalue weighted by Gasteiger charge is 2.04. The second-order valence-corrected chi connectivity index (χ2v) is 4.65. The van der Waals surface area contributed by atoms with Crippen LogP contribution < -0.4 is 5.32 Å². The van der Waals surface area contributed by atoms with E-state index in [4.69, 9.17) is 9.84 Å². The number of hydrogen-bond donors (Lipinski definition) is 2. The lowest BCUT2D eigenvalue weighted by Gasteiger charge is -2.06. The Morgan fingerprint density at radius 1 is 1.10 bits per heavy atom. The van der Waals surface area contributed by atoms with Crippen LogP contribution in [0.25, 0.3) is 10.8 Å². The number of carbonyl (C=O) groups excluding carboxylic acids is 1. The lowest BCUT2D eigenvalue weighted by Crippen LogP contribution is -2.29. The maximum Gasteiger partial charge on any atom is 0.329 e. The fraction of sp³-hybridized carbons (Fsp3) is 0.250. The summed E-state index contributed by atoms with van der Waals surface area (Å²) >= 11 is 0. The Labute approximate surface area is 122 Å². The van der Waals surface area contributed by atoms with Crippen LogP contribution in [0.2, 0.25) is 0 Å². The van der Waals surface area contributed by atoms with Gasteiger partial charge in [0, 0.05) is 6.54 Å². The third-order valence-corrected chi connectivity index (χ3v) is 2.97. The number of carboxylic acid groups (broad SMARTS) is 1. The van der Waals surface area contributed by atoms with Crippen LogP contribution in [-0.2, 0) is 20.7 Å². The summed E-state index contributed by atoms with van der Waals surface area (Å²) in [6, 6.07) is 13.9. The van der Waals surface area contributed by atoms with E-state index in [1.807, 2.05) is 42.5 Å². The Morgan fingerprint density at radius 3 is 2.62 bits per heavy atom. The number of carboxylic acids is 1. The van der Waals surface area contributed by atoms with Gasteiger partial charge in [0.05, 0.1) is 13.0 Å². The van der Waals surface area contributed by atoms with Gasteiger partial charge in [0.15, 0.2) is 0 Å². The number of rotatable bonds is 7. The zero-order chi connectivity index (χ0) is 15.1. The average Bonchev–Trinajstić information content (AvgIpc) is 2.46. The third-order valence-electron chi connectivity index (χ3n) is 2.97. The first-order valence-electron chi connectivity index (χ1n) is 6.69. The molecule has 1 amide bonds. The van der Waals surface area contributed by atoms with Gasteiger partial charge in [-0.15, -0.1) is 0 Å². The van der Waals surface area contributed by atoms with Crippen molar-refractivity contribution < 1.29 is 19.4 Å². The van der Waals surface area contributed by atoms with Gasteiger partial charge in [-0.3, -0.25) is 4.79 Å². The number of aliphatic carboxylic acids is 1. The van der Waals surface area contributed by atoms with Crippen LogP contribution in [0.5, 0.6) is 0 Å². The minimum absolute atomic E-state index is 0.107. The first-order chi connectivity index (χ1) is 10.1. The number of ether oxygens (including phenoxy) is 1. The normalized spacial score (nSPS) is 10.5. The fourth-order valence-electron chi connectivity index (χ4n) is 2.02. The van der Waals surface area contributed by atoms with Crippen molar-refractivity contribution in [3.63, 3.8) is 0 Å². The molecular formula is C16H17NO4. The molecule has 0 unspecified atom stereocenters. The van der Waals surface area contributed by atoms with Crippen LogP contribution in [0.15, 0.2) is 42.5 Å². The second-order valence-electron chi connectivity index (χ2n) is 4.65. The summed E-state index contributed by atoms with van der Waals surface area (Å²) in [7, 11) is 0. The molecule has 0 saturated carbocycles. The molecular weight excluding hydrogens is 270 g/mol. The van der Waals surface area contributed by atoms with Crippen LogP contribution in [0, 0.1) is 0 Å². The molecule has 5 heteroatoms. The number of hydrogen-bond acceptors (Lipinski definition) is 3. The maximum absolute atomic E-state index is 11.8. The molecule has 2 rings (SSSR count). The summed E-state index contributed by atoms with van der Waals surface area (Å²) in [5.74, 6) is -1.12. The van der Waals surface area contributed by atoms with E-state index in [1.165, 1.54) is 0 Å². The Kier molecular flexibility index (Phi) is 5.29. The Bertz CT molecular complexity index is 639. The van der Waals surface area contributed by atoms with Crippen molar-refractivity contribution in [3.05, 3.63) is 48.0 Å². The Morgan fingerprint density at radius 2 is 1.86 bits per heavy atom. The standard InChI is InChI=1S/C16H17NO4/c18-15(17-7-8-21-11-16(19)20)10-12-5-6-13-3-1-2-4-14(13)9-12/h1-6,9H,7-8,10-11H2,(H,17,18)(H,19,20). The highest BCUT2D eigenvalue weighted by atomic mass is 16.5. The van der Waals surface area contributed by atoms with Gasteiger partial charge in [-0.1, -0.05) is 42.5 Å². The molecule has 21 heavy (non-hydrogen) atoms. The Hall–Kier alpha value is -2.40. The van der Waals surface area contributed by atoms with Crippen molar-refractivity contribution in [2.45, 2.75) is 6.42 Å². The highest BCUT2D eigenvalue weighted by molar-refractivity contribution is 5.85. The largest absolute Gasteiger partial charge is 0.480 e. The fourth-order valence-corrected chi connectivity index (χ4v) is 2.02. The van der Waals surface area contributed by atoms with Crippen LogP contribution in [0.4, 0.5) is 0 Å². The predicted molar refractivity (Wildman–Crippen MR) is 79.1 cm³/mol. The van der Waals surface area contributed by atoms with Gasteiger partial charge < -0.3 is 15.2 Å². The highest BCUT2D eigenvalue weighted by Crippen LogP contribution is 2.15. The molecule has 2 aromatic carbocycles. The lowest BCUT2D eigenvalue weighted by molar-refractivity contribution is -0.142. The number of carbonyl (C=O) groups is 2. The average molecular weight is 287 g/mol. The van der Waals surface area contributed by atoms with E-state index < -0.39 is 5.97 Å². The van der Waals surface area contributed by atoms with Crippen LogP contribution in [0.3, 0.4) is 0 Å². The molecule has 0 heterocycles. The van der Waals surface area contributed by atoms with E-state index in [0.717, 1.165) is 16.3 Å². The molecule has 0 aromatic heterocycles. The van der Waals surface area contributed by atoms with E-state index in [2.05, 4.69) is 5.32 Å². The van der Waals surface area contributed by atoms with Crippen molar-refractivity contribution in [2.24, 2.45) is 0 Å². The van der Waals surface area contributed by atoms with Gasteiger partial charge in [-0.25, -0.2) is 4.79 Å². The van der Waals surface area contributed by atoms with Crippen LogP contribution in [-0.4, -0.2) is 36.7 Å². The summed E-state index contributed by atoms with van der Waals surface area (Å²) in [6.45, 7) is 0.149. The van der Waals surface area contributed by atoms with Crippen molar-refractivity contribution in [2.75, 3.05) is 19.8 Å². The molecule has 0 bridgehead atoms. The molecule has 2 aromatic rings. The van der Waals surface area contributed by atoms with Crippen molar-refractivity contribution in [1.29, 1.82) is 0 Å². The van der Waals surface area contributed by atoms with Gasteiger partial charge >= 0.3 is 5.97 Å². The maximum atomic E-state index is 11.8. The van der Waals surface area contributed by atoms with Gasteiger partial charge in [0.25, 0.3) is 0 Å².